The van der Waals surface area contributed by atoms with Gasteiger partial charge >= 0.3 is 0 Å². The Kier molecular flexibility index (Phi) is 6.69. The van der Waals surface area contributed by atoms with Crippen molar-refractivity contribution in [1.82, 2.24) is 5.32 Å². The van der Waals surface area contributed by atoms with Crippen LogP contribution in [0.3, 0.4) is 0 Å². The van der Waals surface area contributed by atoms with E-state index in [-0.39, 0.29) is 11.3 Å². The van der Waals surface area contributed by atoms with Crippen molar-refractivity contribution in [2.75, 3.05) is 20.3 Å². The normalized spacial score (nSPS) is 12.8. The summed E-state index contributed by atoms with van der Waals surface area (Å²) in [4.78, 5) is 11.9. The van der Waals surface area contributed by atoms with Crippen molar-refractivity contribution in [2.45, 2.75) is 45.6 Å². The maximum atomic E-state index is 11.9. The van der Waals surface area contributed by atoms with Gasteiger partial charge in [-0.25, -0.2) is 0 Å². The van der Waals surface area contributed by atoms with Crippen LogP contribution in [0.25, 0.3) is 0 Å². The Morgan fingerprint density at radius 1 is 1.33 bits per heavy atom. The second kappa shape index (κ2) is 8.03. The summed E-state index contributed by atoms with van der Waals surface area (Å²) in [5, 5.41) is 2.84. The summed E-state index contributed by atoms with van der Waals surface area (Å²) < 4.78 is 10.7. The monoisotopic (exact) mass is 293 g/mol. The molecule has 4 heteroatoms. The zero-order valence-corrected chi connectivity index (χ0v) is 13.7. The molecule has 1 aromatic rings. The van der Waals surface area contributed by atoms with Gasteiger partial charge in [0.1, 0.15) is 5.75 Å². The van der Waals surface area contributed by atoms with E-state index in [2.05, 4.69) is 32.2 Å². The summed E-state index contributed by atoms with van der Waals surface area (Å²) >= 11 is 0. The van der Waals surface area contributed by atoms with Crippen LogP contribution < -0.4 is 10.1 Å². The van der Waals surface area contributed by atoms with Gasteiger partial charge in [-0.3, -0.25) is 4.79 Å². The molecule has 0 aliphatic rings. The van der Waals surface area contributed by atoms with Crippen LogP contribution in [-0.4, -0.2) is 32.3 Å². The first kappa shape index (κ1) is 17.5. The Balaban J connectivity index is 2.54. The van der Waals surface area contributed by atoms with Crippen LogP contribution in [0.4, 0.5) is 0 Å². The second-order valence-corrected chi connectivity index (χ2v) is 6.18. The summed E-state index contributed by atoms with van der Waals surface area (Å²) in [5.41, 5.74) is 1.25. The summed E-state index contributed by atoms with van der Waals surface area (Å²) in [6, 6.07) is 7.90. The molecule has 0 saturated carbocycles. The quantitative estimate of drug-likeness (QED) is 0.786. The number of hydrogen-bond acceptors (Lipinski definition) is 3. The predicted molar refractivity (Wildman–Crippen MR) is 84.7 cm³/mol. The van der Waals surface area contributed by atoms with Gasteiger partial charge in [-0.2, -0.15) is 0 Å². The molecule has 118 valence electrons. The third-order valence-electron chi connectivity index (χ3n) is 3.21. The number of benzene rings is 1. The molecule has 0 spiro atoms. The van der Waals surface area contributed by atoms with Crippen molar-refractivity contribution < 1.29 is 14.3 Å². The molecular formula is C17H27NO3. The predicted octanol–water partition coefficient (Wildman–Crippen LogP) is 2.90. The summed E-state index contributed by atoms with van der Waals surface area (Å²) in [6.45, 7) is 9.45. The van der Waals surface area contributed by atoms with Crippen LogP contribution in [0, 0.1) is 0 Å². The van der Waals surface area contributed by atoms with Gasteiger partial charge in [0.2, 0.25) is 0 Å². The van der Waals surface area contributed by atoms with E-state index in [1.54, 1.807) is 14.0 Å². The van der Waals surface area contributed by atoms with Crippen molar-refractivity contribution in [2.24, 2.45) is 0 Å². The molecule has 1 rings (SSSR count). The number of methoxy groups -OCH3 is 1. The van der Waals surface area contributed by atoms with Gasteiger partial charge in [0.15, 0.2) is 6.10 Å². The molecule has 0 radical (unpaired) electrons. The van der Waals surface area contributed by atoms with Gasteiger partial charge in [0, 0.05) is 20.3 Å². The van der Waals surface area contributed by atoms with Gasteiger partial charge in [0.25, 0.3) is 5.91 Å². The number of rotatable bonds is 7. The second-order valence-electron chi connectivity index (χ2n) is 6.18. The number of carbonyl (C=O) groups is 1. The first-order valence-corrected chi connectivity index (χ1v) is 7.38. The highest BCUT2D eigenvalue weighted by atomic mass is 16.5. The molecule has 4 nitrogen and oxygen atoms in total. The lowest BCUT2D eigenvalue weighted by molar-refractivity contribution is -0.127. The fourth-order valence-electron chi connectivity index (χ4n) is 1.87. The number of carbonyl (C=O) groups excluding carboxylic acids is 1. The standard InChI is InChI=1S/C17H27NO3/c1-13(16(19)18-10-7-11-20-5)21-15-9-6-8-14(12-15)17(2,3)4/h6,8-9,12-13H,7,10-11H2,1-5H3,(H,18,19). The topological polar surface area (TPSA) is 47.6 Å². The number of amides is 1. The van der Waals surface area contributed by atoms with Crippen LogP contribution in [-0.2, 0) is 14.9 Å². The average molecular weight is 293 g/mol. The van der Waals surface area contributed by atoms with Crippen molar-refractivity contribution in [1.29, 1.82) is 0 Å². The first-order valence-electron chi connectivity index (χ1n) is 7.38. The van der Waals surface area contributed by atoms with Crippen molar-refractivity contribution in [3.05, 3.63) is 29.8 Å². The van der Waals surface area contributed by atoms with Gasteiger partial charge < -0.3 is 14.8 Å². The van der Waals surface area contributed by atoms with Crippen molar-refractivity contribution in [3.8, 4) is 5.75 Å². The number of nitrogens with one attached hydrogen (secondary N) is 1. The summed E-state index contributed by atoms with van der Waals surface area (Å²) in [5.74, 6) is 0.620. The third-order valence-corrected chi connectivity index (χ3v) is 3.21. The minimum absolute atomic E-state index is 0.0605. The molecule has 0 fully saturated rings. The van der Waals surface area contributed by atoms with E-state index in [9.17, 15) is 4.79 Å². The third kappa shape index (κ3) is 6.17. The molecule has 1 unspecified atom stereocenters. The van der Waals surface area contributed by atoms with Gasteiger partial charge in [0.05, 0.1) is 0 Å². The first-order chi connectivity index (χ1) is 9.84. The minimum Gasteiger partial charge on any atom is -0.481 e. The highest BCUT2D eigenvalue weighted by Crippen LogP contribution is 2.26. The lowest BCUT2D eigenvalue weighted by Crippen LogP contribution is -2.37. The van der Waals surface area contributed by atoms with E-state index in [1.807, 2.05) is 18.2 Å². The van der Waals surface area contributed by atoms with E-state index in [4.69, 9.17) is 9.47 Å². The maximum Gasteiger partial charge on any atom is 0.260 e. The molecule has 0 heterocycles. The smallest absolute Gasteiger partial charge is 0.260 e. The zero-order valence-electron chi connectivity index (χ0n) is 13.7. The van der Waals surface area contributed by atoms with E-state index in [0.717, 1.165) is 12.2 Å². The molecule has 1 amide bonds. The Morgan fingerprint density at radius 2 is 2.05 bits per heavy atom. The molecule has 0 bridgehead atoms. The SMILES string of the molecule is COCCCNC(=O)C(C)Oc1cccc(C(C)(C)C)c1. The molecule has 0 aliphatic carbocycles. The van der Waals surface area contributed by atoms with Crippen LogP contribution >= 0.6 is 0 Å². The fourth-order valence-corrected chi connectivity index (χ4v) is 1.87. The Hall–Kier alpha value is -1.55. The van der Waals surface area contributed by atoms with Gasteiger partial charge in [-0.05, 0) is 36.5 Å². The van der Waals surface area contributed by atoms with Gasteiger partial charge in [-0.1, -0.05) is 32.9 Å². The summed E-state index contributed by atoms with van der Waals surface area (Å²) in [6.07, 6.45) is 0.289. The average Bonchev–Trinajstić information content (AvgIpc) is 2.42. The molecule has 1 atom stereocenters. The van der Waals surface area contributed by atoms with E-state index < -0.39 is 6.10 Å². The van der Waals surface area contributed by atoms with Crippen molar-refractivity contribution >= 4 is 5.91 Å². The van der Waals surface area contributed by atoms with Crippen LogP contribution in [0.5, 0.6) is 5.75 Å². The van der Waals surface area contributed by atoms with Crippen LogP contribution in [0.15, 0.2) is 24.3 Å². The molecule has 1 aromatic carbocycles. The highest BCUT2D eigenvalue weighted by Gasteiger charge is 2.17. The largest absolute Gasteiger partial charge is 0.481 e. The van der Waals surface area contributed by atoms with E-state index >= 15 is 0 Å². The molecule has 0 aromatic heterocycles. The molecule has 21 heavy (non-hydrogen) atoms. The number of ether oxygens (including phenoxy) is 2. The molecule has 1 N–H and O–H groups in total. The fraction of sp³-hybridized carbons (Fsp3) is 0.588. The van der Waals surface area contributed by atoms with Crippen LogP contribution in [0.1, 0.15) is 39.7 Å². The minimum atomic E-state index is -0.511. The van der Waals surface area contributed by atoms with Gasteiger partial charge in [-0.15, -0.1) is 0 Å². The highest BCUT2D eigenvalue weighted by molar-refractivity contribution is 5.80. The molecule has 0 aliphatic heterocycles. The molecule has 0 saturated heterocycles. The van der Waals surface area contributed by atoms with Crippen LogP contribution in [0.2, 0.25) is 0 Å². The summed E-state index contributed by atoms with van der Waals surface area (Å²) in [7, 11) is 1.65. The lowest BCUT2D eigenvalue weighted by atomic mass is 9.87. The zero-order chi connectivity index (χ0) is 15.9. The Morgan fingerprint density at radius 3 is 2.67 bits per heavy atom. The van der Waals surface area contributed by atoms with Crippen molar-refractivity contribution in [3.63, 3.8) is 0 Å². The van der Waals surface area contributed by atoms with E-state index in [1.165, 1.54) is 5.56 Å². The Bertz CT molecular complexity index is 452. The Labute approximate surface area is 127 Å². The lowest BCUT2D eigenvalue weighted by Gasteiger charge is -2.21. The van der Waals surface area contributed by atoms with E-state index in [0.29, 0.717) is 13.2 Å². The molecular weight excluding hydrogens is 266 g/mol. The number of hydrogen-bond donors (Lipinski definition) is 1. The maximum absolute atomic E-state index is 11.9.